The van der Waals surface area contributed by atoms with Crippen molar-refractivity contribution in [1.82, 2.24) is 9.80 Å². The number of nitrogens with two attached hydrogens (primary N) is 1. The molecule has 0 spiro atoms. The molecule has 4 nitrogen and oxygen atoms in total. The molecule has 6 heteroatoms. The SMILES string of the molecule is C[C@H](C(N)=O)N1CCN(Cc2ccc(F)cc2Cl)CC1. The smallest absolute Gasteiger partial charge is 0.234 e. The first-order valence-corrected chi connectivity index (χ1v) is 7.05. The van der Waals surface area contributed by atoms with E-state index in [1.54, 1.807) is 6.07 Å². The first-order chi connectivity index (χ1) is 9.47. The van der Waals surface area contributed by atoms with Crippen LogP contribution in [0.25, 0.3) is 0 Å². The van der Waals surface area contributed by atoms with Crippen LogP contribution < -0.4 is 5.73 Å². The maximum absolute atomic E-state index is 13.0. The van der Waals surface area contributed by atoms with Gasteiger partial charge in [-0.1, -0.05) is 17.7 Å². The van der Waals surface area contributed by atoms with Crippen LogP contribution in [0.3, 0.4) is 0 Å². The van der Waals surface area contributed by atoms with Crippen molar-refractivity contribution in [3.05, 3.63) is 34.6 Å². The second kappa shape index (κ2) is 6.52. The van der Waals surface area contributed by atoms with Crippen molar-refractivity contribution in [2.24, 2.45) is 5.73 Å². The largest absolute Gasteiger partial charge is 0.368 e. The Morgan fingerprint density at radius 2 is 2.05 bits per heavy atom. The fourth-order valence-corrected chi connectivity index (χ4v) is 2.61. The van der Waals surface area contributed by atoms with Crippen LogP contribution >= 0.6 is 11.6 Å². The van der Waals surface area contributed by atoms with E-state index in [1.807, 2.05) is 6.92 Å². The van der Waals surface area contributed by atoms with Gasteiger partial charge in [-0.05, 0) is 24.6 Å². The summed E-state index contributed by atoms with van der Waals surface area (Å²) in [5.74, 6) is -0.612. The van der Waals surface area contributed by atoms with Gasteiger partial charge in [0, 0.05) is 37.7 Å². The zero-order valence-corrected chi connectivity index (χ0v) is 12.2. The number of piperazine rings is 1. The lowest BCUT2D eigenvalue weighted by molar-refractivity contribution is -0.123. The summed E-state index contributed by atoms with van der Waals surface area (Å²) in [6.45, 7) is 5.79. The van der Waals surface area contributed by atoms with Crippen LogP contribution in [0.5, 0.6) is 0 Å². The van der Waals surface area contributed by atoms with Crippen LogP contribution in [0.2, 0.25) is 5.02 Å². The first kappa shape index (κ1) is 15.2. The van der Waals surface area contributed by atoms with E-state index in [1.165, 1.54) is 12.1 Å². The summed E-state index contributed by atoms with van der Waals surface area (Å²) < 4.78 is 13.0. The molecule has 0 bridgehead atoms. The number of hydrogen-bond acceptors (Lipinski definition) is 3. The molecule has 1 atom stereocenters. The minimum atomic E-state index is -0.321. The lowest BCUT2D eigenvalue weighted by Gasteiger charge is -2.37. The molecule has 1 heterocycles. The van der Waals surface area contributed by atoms with Gasteiger partial charge in [-0.2, -0.15) is 0 Å². The highest BCUT2D eigenvalue weighted by molar-refractivity contribution is 6.31. The monoisotopic (exact) mass is 299 g/mol. The highest BCUT2D eigenvalue weighted by atomic mass is 35.5. The number of carbonyl (C=O) groups excluding carboxylic acids is 1. The molecule has 1 saturated heterocycles. The van der Waals surface area contributed by atoms with Crippen molar-refractivity contribution in [1.29, 1.82) is 0 Å². The number of hydrogen-bond donors (Lipinski definition) is 1. The number of rotatable bonds is 4. The predicted octanol–water partition coefficient (Wildman–Crippen LogP) is 1.47. The number of halogens is 2. The van der Waals surface area contributed by atoms with Gasteiger partial charge in [-0.15, -0.1) is 0 Å². The topological polar surface area (TPSA) is 49.6 Å². The standard InChI is InChI=1S/C14H19ClFN3O/c1-10(14(17)20)19-6-4-18(5-7-19)9-11-2-3-12(16)8-13(11)15/h2-3,8,10H,4-7,9H2,1H3,(H2,17,20)/t10-/m1/s1. The van der Waals surface area contributed by atoms with Crippen molar-refractivity contribution in [2.75, 3.05) is 26.2 Å². The van der Waals surface area contributed by atoms with Crippen LogP contribution in [0.4, 0.5) is 4.39 Å². The fourth-order valence-electron chi connectivity index (χ4n) is 2.38. The summed E-state index contributed by atoms with van der Waals surface area (Å²) in [6, 6.07) is 4.25. The Hall–Kier alpha value is -1.17. The molecule has 2 rings (SSSR count). The summed E-state index contributed by atoms with van der Waals surface area (Å²) in [5.41, 5.74) is 6.23. The minimum absolute atomic E-state index is 0.230. The zero-order valence-electron chi connectivity index (χ0n) is 11.5. The van der Waals surface area contributed by atoms with Crippen LogP contribution in [0, 0.1) is 5.82 Å². The average Bonchev–Trinajstić information content (AvgIpc) is 2.42. The molecule has 0 unspecified atom stereocenters. The zero-order chi connectivity index (χ0) is 14.7. The van der Waals surface area contributed by atoms with Crippen LogP contribution in [-0.2, 0) is 11.3 Å². The molecule has 0 aliphatic carbocycles. The molecule has 110 valence electrons. The third kappa shape index (κ3) is 3.69. The molecule has 0 aromatic heterocycles. The number of benzene rings is 1. The average molecular weight is 300 g/mol. The normalized spacial score (nSPS) is 18.9. The van der Waals surface area contributed by atoms with E-state index in [0.29, 0.717) is 11.6 Å². The quantitative estimate of drug-likeness (QED) is 0.916. The van der Waals surface area contributed by atoms with Gasteiger partial charge < -0.3 is 5.73 Å². The van der Waals surface area contributed by atoms with E-state index in [4.69, 9.17) is 17.3 Å². The van der Waals surface area contributed by atoms with Crippen molar-refractivity contribution in [2.45, 2.75) is 19.5 Å². The Morgan fingerprint density at radius 1 is 1.40 bits per heavy atom. The van der Waals surface area contributed by atoms with E-state index in [2.05, 4.69) is 9.80 Å². The minimum Gasteiger partial charge on any atom is -0.368 e. The van der Waals surface area contributed by atoms with Gasteiger partial charge in [-0.25, -0.2) is 4.39 Å². The summed E-state index contributed by atoms with van der Waals surface area (Å²) in [7, 11) is 0. The predicted molar refractivity (Wildman–Crippen MR) is 76.9 cm³/mol. The maximum Gasteiger partial charge on any atom is 0.234 e. The Morgan fingerprint density at radius 3 is 2.60 bits per heavy atom. The van der Waals surface area contributed by atoms with Gasteiger partial charge in [0.2, 0.25) is 5.91 Å². The number of carbonyl (C=O) groups is 1. The number of primary amides is 1. The molecular weight excluding hydrogens is 281 g/mol. The Balaban J connectivity index is 1.90. The van der Waals surface area contributed by atoms with Gasteiger partial charge in [0.1, 0.15) is 5.82 Å². The summed E-state index contributed by atoms with van der Waals surface area (Å²) in [4.78, 5) is 15.5. The molecule has 1 fully saturated rings. The fraction of sp³-hybridized carbons (Fsp3) is 0.500. The Bertz CT molecular complexity index is 489. The van der Waals surface area contributed by atoms with Crippen LogP contribution in [-0.4, -0.2) is 47.9 Å². The third-order valence-electron chi connectivity index (χ3n) is 3.78. The van der Waals surface area contributed by atoms with Gasteiger partial charge in [0.15, 0.2) is 0 Å². The molecule has 1 aromatic rings. The molecular formula is C14H19ClFN3O. The molecule has 2 N–H and O–H groups in total. The van der Waals surface area contributed by atoms with Crippen molar-refractivity contribution in [3.8, 4) is 0 Å². The summed E-state index contributed by atoms with van der Waals surface area (Å²) in [5, 5.41) is 0.456. The Kier molecular flexibility index (Phi) is 4.96. The summed E-state index contributed by atoms with van der Waals surface area (Å²) in [6.07, 6.45) is 0. The second-order valence-electron chi connectivity index (χ2n) is 5.13. The maximum atomic E-state index is 13.0. The van der Waals surface area contributed by atoms with Crippen LogP contribution in [0.15, 0.2) is 18.2 Å². The van der Waals surface area contributed by atoms with Gasteiger partial charge in [0.25, 0.3) is 0 Å². The van der Waals surface area contributed by atoms with E-state index in [-0.39, 0.29) is 17.8 Å². The van der Waals surface area contributed by atoms with Crippen molar-refractivity contribution in [3.63, 3.8) is 0 Å². The van der Waals surface area contributed by atoms with Crippen molar-refractivity contribution >= 4 is 17.5 Å². The molecule has 1 amide bonds. The van der Waals surface area contributed by atoms with Gasteiger partial charge in [0.05, 0.1) is 6.04 Å². The van der Waals surface area contributed by atoms with E-state index < -0.39 is 0 Å². The van der Waals surface area contributed by atoms with Crippen LogP contribution in [0.1, 0.15) is 12.5 Å². The number of amides is 1. The Labute approximate surface area is 123 Å². The highest BCUT2D eigenvalue weighted by Gasteiger charge is 2.24. The van der Waals surface area contributed by atoms with E-state index in [9.17, 15) is 9.18 Å². The summed E-state index contributed by atoms with van der Waals surface area (Å²) >= 11 is 6.03. The van der Waals surface area contributed by atoms with Gasteiger partial charge in [-0.3, -0.25) is 14.6 Å². The first-order valence-electron chi connectivity index (χ1n) is 6.67. The molecule has 0 radical (unpaired) electrons. The van der Waals surface area contributed by atoms with E-state index >= 15 is 0 Å². The van der Waals surface area contributed by atoms with Gasteiger partial charge >= 0.3 is 0 Å². The number of nitrogens with zero attached hydrogens (tertiary/aromatic N) is 2. The molecule has 0 saturated carbocycles. The second-order valence-corrected chi connectivity index (χ2v) is 5.53. The molecule has 1 aromatic carbocycles. The van der Waals surface area contributed by atoms with Crippen molar-refractivity contribution < 1.29 is 9.18 Å². The lowest BCUT2D eigenvalue weighted by Crippen LogP contribution is -2.52. The van der Waals surface area contributed by atoms with E-state index in [0.717, 1.165) is 31.7 Å². The lowest BCUT2D eigenvalue weighted by atomic mass is 10.1. The molecule has 1 aliphatic rings. The molecule has 1 aliphatic heterocycles. The third-order valence-corrected chi connectivity index (χ3v) is 4.13. The molecule has 20 heavy (non-hydrogen) atoms. The highest BCUT2D eigenvalue weighted by Crippen LogP contribution is 2.20.